The van der Waals surface area contributed by atoms with Crippen molar-refractivity contribution in [3.05, 3.63) is 33.8 Å². The highest BCUT2D eigenvalue weighted by atomic mass is 127. The molecule has 0 aliphatic rings. The molecule has 0 heterocycles. The molecule has 1 unspecified atom stereocenters. The lowest BCUT2D eigenvalue weighted by Gasteiger charge is -2.28. The topological polar surface area (TPSA) is 70.6 Å². The number of nitrogens with zero attached hydrogens (tertiary/aromatic N) is 1. The van der Waals surface area contributed by atoms with Crippen molar-refractivity contribution in [2.45, 2.75) is 38.6 Å². The van der Waals surface area contributed by atoms with Crippen LogP contribution < -0.4 is 10.6 Å². The molecule has 150 valence electrons. The van der Waals surface area contributed by atoms with E-state index in [0.29, 0.717) is 29.0 Å². The lowest BCUT2D eigenvalue weighted by atomic mass is 9.84. The molecule has 1 atom stereocenters. The predicted octanol–water partition coefficient (Wildman–Crippen LogP) is 3.88. The fourth-order valence-corrected chi connectivity index (χ4v) is 3.29. The molecule has 5 nitrogen and oxygen atoms in total. The average Bonchev–Trinajstić information content (AvgIpc) is 2.51. The summed E-state index contributed by atoms with van der Waals surface area (Å²) in [6, 6.07) is 5.62. The SMILES string of the molecule is CN=C(NCC(C)(C)c1ccc(Cl)c(Cl)c1)NC(C)CCS(C)(=O)=O.I. The Morgan fingerprint density at radius 1 is 1.27 bits per heavy atom. The van der Waals surface area contributed by atoms with Crippen molar-refractivity contribution in [1.82, 2.24) is 10.6 Å². The Kier molecular flexibility index (Phi) is 10.8. The molecular weight excluding hydrogens is 508 g/mol. The van der Waals surface area contributed by atoms with Crippen LogP contribution in [0.5, 0.6) is 0 Å². The smallest absolute Gasteiger partial charge is 0.191 e. The number of rotatable bonds is 7. The third kappa shape index (κ3) is 9.10. The van der Waals surface area contributed by atoms with E-state index in [-0.39, 0.29) is 41.2 Å². The number of sulfone groups is 1. The fraction of sp³-hybridized carbons (Fsp3) is 0.588. The first kappa shape index (κ1) is 25.8. The minimum absolute atomic E-state index is 0. The zero-order chi connectivity index (χ0) is 19.3. The highest BCUT2D eigenvalue weighted by Crippen LogP contribution is 2.29. The van der Waals surface area contributed by atoms with Crippen molar-refractivity contribution >= 4 is 63.0 Å². The highest BCUT2D eigenvalue weighted by Gasteiger charge is 2.22. The van der Waals surface area contributed by atoms with Gasteiger partial charge in [-0.25, -0.2) is 8.42 Å². The second-order valence-electron chi connectivity index (χ2n) is 6.90. The quantitative estimate of drug-likeness (QED) is 0.316. The van der Waals surface area contributed by atoms with Crippen molar-refractivity contribution in [3.63, 3.8) is 0 Å². The van der Waals surface area contributed by atoms with Gasteiger partial charge in [0, 0.05) is 31.3 Å². The van der Waals surface area contributed by atoms with Gasteiger partial charge >= 0.3 is 0 Å². The lowest BCUT2D eigenvalue weighted by Crippen LogP contribution is -2.46. The van der Waals surface area contributed by atoms with Crippen molar-refractivity contribution in [3.8, 4) is 0 Å². The first-order valence-electron chi connectivity index (χ1n) is 8.05. The minimum atomic E-state index is -2.96. The standard InChI is InChI=1S/C17H27Cl2N3O2S.HI/c1-12(8-9-25(5,23)24)22-16(20-4)21-11-17(2,3)13-6-7-14(18)15(19)10-13;/h6-7,10,12H,8-9,11H2,1-5H3,(H2,20,21,22);1H. The summed E-state index contributed by atoms with van der Waals surface area (Å²) in [6.45, 7) is 6.76. The summed E-state index contributed by atoms with van der Waals surface area (Å²) in [5.41, 5.74) is 0.872. The average molecular weight is 536 g/mol. The summed E-state index contributed by atoms with van der Waals surface area (Å²) in [6.07, 6.45) is 1.77. The molecule has 0 aliphatic heterocycles. The van der Waals surface area contributed by atoms with Gasteiger partial charge in [0.25, 0.3) is 0 Å². The van der Waals surface area contributed by atoms with Crippen LogP contribution in [-0.2, 0) is 15.3 Å². The number of hydrogen-bond donors (Lipinski definition) is 2. The maximum atomic E-state index is 11.3. The molecule has 0 bridgehead atoms. The largest absolute Gasteiger partial charge is 0.356 e. The highest BCUT2D eigenvalue weighted by molar-refractivity contribution is 14.0. The van der Waals surface area contributed by atoms with E-state index < -0.39 is 9.84 Å². The molecule has 2 N–H and O–H groups in total. The van der Waals surface area contributed by atoms with E-state index in [9.17, 15) is 8.42 Å². The maximum absolute atomic E-state index is 11.3. The van der Waals surface area contributed by atoms with Crippen molar-refractivity contribution < 1.29 is 8.42 Å². The van der Waals surface area contributed by atoms with Crippen LogP contribution in [0.2, 0.25) is 10.0 Å². The molecule has 0 saturated heterocycles. The Hall–Kier alpha value is -0.250. The molecule has 0 amide bonds. The van der Waals surface area contributed by atoms with E-state index in [0.717, 1.165) is 5.56 Å². The molecule has 0 spiro atoms. The third-order valence-electron chi connectivity index (χ3n) is 3.93. The zero-order valence-corrected chi connectivity index (χ0v) is 20.4. The van der Waals surface area contributed by atoms with Crippen LogP contribution >= 0.6 is 47.2 Å². The van der Waals surface area contributed by atoms with Gasteiger partial charge in [-0.15, -0.1) is 24.0 Å². The number of nitrogens with one attached hydrogen (secondary N) is 2. The number of aliphatic imine (C=N–C) groups is 1. The first-order valence-corrected chi connectivity index (χ1v) is 10.9. The zero-order valence-electron chi connectivity index (χ0n) is 15.8. The van der Waals surface area contributed by atoms with Crippen LogP contribution in [0, 0.1) is 0 Å². The monoisotopic (exact) mass is 535 g/mol. The molecule has 0 radical (unpaired) electrons. The van der Waals surface area contributed by atoms with Gasteiger partial charge in [-0.3, -0.25) is 4.99 Å². The van der Waals surface area contributed by atoms with Gasteiger partial charge in [-0.05, 0) is 31.0 Å². The Morgan fingerprint density at radius 2 is 1.88 bits per heavy atom. The molecule has 0 saturated carbocycles. The predicted molar refractivity (Wildman–Crippen MR) is 123 cm³/mol. The van der Waals surface area contributed by atoms with Crippen LogP contribution in [0.15, 0.2) is 23.2 Å². The second-order valence-corrected chi connectivity index (χ2v) is 9.98. The van der Waals surface area contributed by atoms with Gasteiger partial charge in [0.15, 0.2) is 5.96 Å². The molecule has 9 heteroatoms. The molecule has 1 aromatic carbocycles. The van der Waals surface area contributed by atoms with Crippen LogP contribution in [0.4, 0.5) is 0 Å². The van der Waals surface area contributed by atoms with Crippen molar-refractivity contribution in [1.29, 1.82) is 0 Å². The summed E-state index contributed by atoms with van der Waals surface area (Å²) >= 11 is 12.1. The van der Waals surface area contributed by atoms with Gasteiger partial charge in [-0.2, -0.15) is 0 Å². The van der Waals surface area contributed by atoms with Gasteiger partial charge in [0.1, 0.15) is 9.84 Å². The van der Waals surface area contributed by atoms with Crippen LogP contribution in [0.1, 0.15) is 32.8 Å². The number of hydrogen-bond acceptors (Lipinski definition) is 3. The molecule has 1 aromatic rings. The third-order valence-corrected chi connectivity index (χ3v) is 5.64. The summed E-state index contributed by atoms with van der Waals surface area (Å²) in [7, 11) is -1.28. The summed E-state index contributed by atoms with van der Waals surface area (Å²) in [5, 5.41) is 7.56. The number of benzene rings is 1. The Labute approximate surface area is 184 Å². The van der Waals surface area contributed by atoms with Gasteiger partial charge in [0.05, 0.1) is 15.8 Å². The van der Waals surface area contributed by atoms with Gasteiger partial charge < -0.3 is 10.6 Å². The van der Waals surface area contributed by atoms with Crippen LogP contribution in [0.25, 0.3) is 0 Å². The number of guanidine groups is 1. The summed E-state index contributed by atoms with van der Waals surface area (Å²) in [5.74, 6) is 0.779. The molecule has 0 aromatic heterocycles. The van der Waals surface area contributed by atoms with Crippen molar-refractivity contribution in [2.75, 3.05) is 25.6 Å². The molecular formula is C17H28Cl2IN3O2S. The normalized spacial score (nSPS) is 13.7. The van der Waals surface area contributed by atoms with E-state index in [1.54, 1.807) is 13.1 Å². The van der Waals surface area contributed by atoms with Crippen molar-refractivity contribution in [2.24, 2.45) is 4.99 Å². The Balaban J connectivity index is 0.00000625. The minimum Gasteiger partial charge on any atom is -0.356 e. The van der Waals surface area contributed by atoms with E-state index >= 15 is 0 Å². The molecule has 0 aliphatic carbocycles. The van der Waals surface area contributed by atoms with E-state index in [4.69, 9.17) is 23.2 Å². The maximum Gasteiger partial charge on any atom is 0.191 e. The Bertz CT molecular complexity index is 725. The van der Waals surface area contributed by atoms with Gasteiger partial charge in [-0.1, -0.05) is 43.1 Å². The van der Waals surface area contributed by atoms with Crippen LogP contribution in [-0.4, -0.2) is 46.0 Å². The molecule has 26 heavy (non-hydrogen) atoms. The molecule has 0 fully saturated rings. The molecule has 1 rings (SSSR count). The summed E-state index contributed by atoms with van der Waals surface area (Å²) < 4.78 is 22.5. The number of halogens is 3. The van der Waals surface area contributed by atoms with E-state index in [1.165, 1.54) is 6.26 Å². The van der Waals surface area contributed by atoms with Gasteiger partial charge in [0.2, 0.25) is 0 Å². The second kappa shape index (κ2) is 10.9. The van der Waals surface area contributed by atoms with Crippen LogP contribution in [0.3, 0.4) is 0 Å². The van der Waals surface area contributed by atoms with E-state index in [2.05, 4.69) is 29.5 Å². The fourth-order valence-electron chi connectivity index (χ4n) is 2.21. The van der Waals surface area contributed by atoms with E-state index in [1.807, 2.05) is 19.1 Å². The Morgan fingerprint density at radius 3 is 2.38 bits per heavy atom. The summed E-state index contributed by atoms with van der Waals surface area (Å²) in [4.78, 5) is 4.20. The first-order chi connectivity index (χ1) is 11.4. The lowest BCUT2D eigenvalue weighted by molar-refractivity contribution is 0.503.